The standard InChI is InChI=1S/C17H19NO6/c1-4-22-16(20)10-18-14-7-6-13(24-11(3)19)8-12(14)9-15(18)17(21)23-5-2/h6-9H,4-5,10H2,1-3H3. The van der Waals surface area contributed by atoms with Gasteiger partial charge in [-0.25, -0.2) is 4.79 Å². The van der Waals surface area contributed by atoms with Crippen molar-refractivity contribution in [2.75, 3.05) is 13.2 Å². The third-order valence-corrected chi connectivity index (χ3v) is 3.21. The van der Waals surface area contributed by atoms with Crippen LogP contribution in [0.25, 0.3) is 10.9 Å². The average molecular weight is 333 g/mol. The smallest absolute Gasteiger partial charge is 0.354 e. The average Bonchev–Trinajstić information content (AvgIpc) is 2.85. The van der Waals surface area contributed by atoms with Crippen LogP contribution in [0.5, 0.6) is 5.75 Å². The molecule has 0 aliphatic carbocycles. The second-order valence-electron chi connectivity index (χ2n) is 4.96. The van der Waals surface area contributed by atoms with E-state index in [1.54, 1.807) is 38.1 Å². The molecule has 7 nitrogen and oxygen atoms in total. The maximum atomic E-state index is 12.2. The summed E-state index contributed by atoms with van der Waals surface area (Å²) in [5.41, 5.74) is 0.877. The van der Waals surface area contributed by atoms with E-state index in [-0.39, 0.29) is 25.5 Å². The summed E-state index contributed by atoms with van der Waals surface area (Å²) < 4.78 is 16.6. The normalized spacial score (nSPS) is 10.5. The maximum Gasteiger partial charge on any atom is 0.354 e. The zero-order valence-corrected chi connectivity index (χ0v) is 13.8. The van der Waals surface area contributed by atoms with Gasteiger partial charge < -0.3 is 18.8 Å². The molecule has 0 bridgehead atoms. The number of aromatic nitrogens is 1. The zero-order chi connectivity index (χ0) is 17.7. The van der Waals surface area contributed by atoms with E-state index in [1.165, 1.54) is 11.5 Å². The van der Waals surface area contributed by atoms with E-state index < -0.39 is 17.9 Å². The molecule has 2 rings (SSSR count). The molecule has 0 unspecified atom stereocenters. The fourth-order valence-electron chi connectivity index (χ4n) is 2.36. The van der Waals surface area contributed by atoms with Gasteiger partial charge in [-0.1, -0.05) is 0 Å². The molecule has 0 amide bonds. The van der Waals surface area contributed by atoms with Crippen molar-refractivity contribution in [1.29, 1.82) is 0 Å². The Morgan fingerprint density at radius 3 is 2.38 bits per heavy atom. The molecule has 0 radical (unpaired) electrons. The van der Waals surface area contributed by atoms with Gasteiger partial charge in [0.1, 0.15) is 18.0 Å². The van der Waals surface area contributed by atoms with E-state index >= 15 is 0 Å². The van der Waals surface area contributed by atoms with Gasteiger partial charge in [0.2, 0.25) is 0 Å². The molecule has 0 spiro atoms. The third-order valence-electron chi connectivity index (χ3n) is 3.21. The van der Waals surface area contributed by atoms with Gasteiger partial charge in [0.25, 0.3) is 0 Å². The van der Waals surface area contributed by atoms with E-state index in [0.29, 0.717) is 16.7 Å². The summed E-state index contributed by atoms with van der Waals surface area (Å²) in [6.07, 6.45) is 0. The highest BCUT2D eigenvalue weighted by atomic mass is 16.5. The number of hydrogen-bond acceptors (Lipinski definition) is 6. The number of nitrogens with zero attached hydrogens (tertiary/aromatic N) is 1. The topological polar surface area (TPSA) is 83.8 Å². The Kier molecular flexibility index (Phi) is 5.57. The first-order valence-corrected chi connectivity index (χ1v) is 7.60. The van der Waals surface area contributed by atoms with Crippen molar-refractivity contribution in [1.82, 2.24) is 4.57 Å². The molecular formula is C17H19NO6. The number of hydrogen-bond donors (Lipinski definition) is 0. The van der Waals surface area contributed by atoms with Crippen LogP contribution in [0.1, 0.15) is 31.3 Å². The molecule has 0 N–H and O–H groups in total. The minimum atomic E-state index is -0.535. The van der Waals surface area contributed by atoms with Crippen LogP contribution in [-0.2, 0) is 25.6 Å². The lowest BCUT2D eigenvalue weighted by Crippen LogP contribution is -2.18. The van der Waals surface area contributed by atoms with Gasteiger partial charge >= 0.3 is 17.9 Å². The predicted molar refractivity (Wildman–Crippen MR) is 85.8 cm³/mol. The summed E-state index contributed by atoms with van der Waals surface area (Å²) >= 11 is 0. The molecular weight excluding hydrogens is 314 g/mol. The summed E-state index contributed by atoms with van der Waals surface area (Å²) in [4.78, 5) is 35.1. The molecule has 128 valence electrons. The van der Waals surface area contributed by atoms with Gasteiger partial charge in [0.15, 0.2) is 0 Å². The van der Waals surface area contributed by atoms with Gasteiger partial charge in [0.05, 0.1) is 13.2 Å². The van der Waals surface area contributed by atoms with Gasteiger partial charge in [-0.2, -0.15) is 0 Å². The number of carbonyl (C=O) groups excluding carboxylic acids is 3. The van der Waals surface area contributed by atoms with E-state index in [1.807, 2.05) is 0 Å². The zero-order valence-electron chi connectivity index (χ0n) is 13.8. The Morgan fingerprint density at radius 1 is 1.04 bits per heavy atom. The van der Waals surface area contributed by atoms with Crippen LogP contribution in [0, 0.1) is 0 Å². The minimum absolute atomic E-state index is 0.113. The molecule has 0 fully saturated rings. The Bertz CT molecular complexity index is 777. The molecule has 0 aliphatic rings. The molecule has 7 heteroatoms. The van der Waals surface area contributed by atoms with Crippen LogP contribution < -0.4 is 4.74 Å². The molecule has 1 aromatic heterocycles. The van der Waals surface area contributed by atoms with Crippen molar-refractivity contribution in [2.24, 2.45) is 0 Å². The van der Waals surface area contributed by atoms with Crippen LogP contribution in [-0.4, -0.2) is 35.7 Å². The highest BCUT2D eigenvalue weighted by Crippen LogP contribution is 2.25. The van der Waals surface area contributed by atoms with Crippen LogP contribution >= 0.6 is 0 Å². The van der Waals surface area contributed by atoms with Crippen molar-refractivity contribution >= 4 is 28.8 Å². The van der Waals surface area contributed by atoms with Gasteiger partial charge in [-0.3, -0.25) is 9.59 Å². The SMILES string of the molecule is CCOC(=O)Cn1c(C(=O)OCC)cc2cc(OC(C)=O)ccc21. The first-order chi connectivity index (χ1) is 11.5. The number of esters is 3. The molecule has 1 aromatic carbocycles. The summed E-state index contributed by atoms with van der Waals surface area (Å²) in [6.45, 7) is 5.08. The lowest BCUT2D eigenvalue weighted by molar-refractivity contribution is -0.143. The number of carbonyl (C=O) groups is 3. The van der Waals surface area contributed by atoms with Crippen molar-refractivity contribution in [3.05, 3.63) is 30.0 Å². The van der Waals surface area contributed by atoms with Crippen LogP contribution in [0.3, 0.4) is 0 Å². The van der Waals surface area contributed by atoms with E-state index in [2.05, 4.69) is 0 Å². The van der Waals surface area contributed by atoms with Crippen molar-refractivity contribution in [3.63, 3.8) is 0 Å². The van der Waals surface area contributed by atoms with E-state index in [4.69, 9.17) is 14.2 Å². The van der Waals surface area contributed by atoms with E-state index in [0.717, 1.165) is 0 Å². The second kappa shape index (κ2) is 7.63. The molecule has 0 aliphatic heterocycles. The maximum absolute atomic E-state index is 12.2. The highest BCUT2D eigenvalue weighted by Gasteiger charge is 2.19. The first kappa shape index (κ1) is 17.5. The second-order valence-corrected chi connectivity index (χ2v) is 4.96. The number of benzene rings is 1. The number of ether oxygens (including phenoxy) is 3. The van der Waals surface area contributed by atoms with Gasteiger partial charge in [-0.15, -0.1) is 0 Å². The molecule has 0 saturated heterocycles. The Labute approximate surface area is 139 Å². The Balaban J connectivity index is 2.48. The van der Waals surface area contributed by atoms with Crippen LogP contribution in [0.15, 0.2) is 24.3 Å². The first-order valence-electron chi connectivity index (χ1n) is 7.60. The Hall–Kier alpha value is -2.83. The summed E-state index contributed by atoms with van der Waals surface area (Å²) in [5, 5.41) is 0.654. The highest BCUT2D eigenvalue weighted by molar-refractivity contribution is 5.97. The number of rotatable bonds is 6. The quantitative estimate of drug-likeness (QED) is 0.596. The third kappa shape index (κ3) is 3.92. The molecule has 24 heavy (non-hydrogen) atoms. The Morgan fingerprint density at radius 2 is 1.75 bits per heavy atom. The summed E-state index contributed by atoms with van der Waals surface area (Å²) in [5.74, 6) is -1.07. The largest absolute Gasteiger partial charge is 0.465 e. The monoisotopic (exact) mass is 333 g/mol. The van der Waals surface area contributed by atoms with E-state index in [9.17, 15) is 14.4 Å². The fraction of sp³-hybridized carbons (Fsp3) is 0.353. The summed E-state index contributed by atoms with van der Waals surface area (Å²) in [7, 11) is 0. The predicted octanol–water partition coefficient (Wildman–Crippen LogP) is 2.31. The van der Waals surface area contributed by atoms with Crippen LogP contribution in [0.2, 0.25) is 0 Å². The minimum Gasteiger partial charge on any atom is -0.465 e. The van der Waals surface area contributed by atoms with Crippen molar-refractivity contribution in [2.45, 2.75) is 27.3 Å². The van der Waals surface area contributed by atoms with Gasteiger partial charge in [0, 0.05) is 17.8 Å². The molecule has 1 heterocycles. The van der Waals surface area contributed by atoms with Crippen molar-refractivity contribution < 1.29 is 28.6 Å². The van der Waals surface area contributed by atoms with Gasteiger partial charge in [-0.05, 0) is 38.1 Å². The molecule has 0 atom stereocenters. The summed E-state index contributed by atoms with van der Waals surface area (Å²) in [6, 6.07) is 6.50. The lowest BCUT2D eigenvalue weighted by atomic mass is 10.2. The van der Waals surface area contributed by atoms with Crippen LogP contribution in [0.4, 0.5) is 0 Å². The lowest BCUT2D eigenvalue weighted by Gasteiger charge is -2.09. The van der Waals surface area contributed by atoms with Crippen molar-refractivity contribution in [3.8, 4) is 5.75 Å². The molecule has 2 aromatic rings. The fourth-order valence-corrected chi connectivity index (χ4v) is 2.36. The molecule has 0 saturated carbocycles. The number of fused-ring (bicyclic) bond motifs is 1.